The Hall–Kier alpha value is -2.14. The van der Waals surface area contributed by atoms with Crippen molar-refractivity contribution in [3.63, 3.8) is 0 Å². The predicted molar refractivity (Wildman–Crippen MR) is 102 cm³/mol. The molecule has 0 spiro atoms. The summed E-state index contributed by atoms with van der Waals surface area (Å²) >= 11 is 5.95. The first-order valence-corrected chi connectivity index (χ1v) is 8.58. The fourth-order valence-electron chi connectivity index (χ4n) is 2.52. The van der Waals surface area contributed by atoms with Gasteiger partial charge in [-0.2, -0.15) is 0 Å². The second kappa shape index (κ2) is 9.99. The molecule has 5 heteroatoms. The van der Waals surface area contributed by atoms with E-state index in [1.807, 2.05) is 30.3 Å². The Bertz CT molecular complexity index is 701. The average Bonchev–Trinajstić information content (AvgIpc) is 2.61. The van der Waals surface area contributed by atoms with Crippen LogP contribution in [0.25, 0.3) is 6.08 Å². The molecule has 0 aromatic heterocycles. The van der Waals surface area contributed by atoms with E-state index in [0.29, 0.717) is 18.0 Å². The number of carbonyl (C=O) groups is 1. The highest BCUT2D eigenvalue weighted by molar-refractivity contribution is 6.30. The Labute approximate surface area is 153 Å². The summed E-state index contributed by atoms with van der Waals surface area (Å²) in [7, 11) is 0. The van der Waals surface area contributed by atoms with Gasteiger partial charge in [0.1, 0.15) is 0 Å². The molecule has 0 saturated heterocycles. The van der Waals surface area contributed by atoms with Crippen LogP contribution in [0.1, 0.15) is 29.7 Å². The van der Waals surface area contributed by atoms with Crippen LogP contribution in [0.3, 0.4) is 0 Å². The zero-order valence-corrected chi connectivity index (χ0v) is 14.9. The number of carbonyl (C=O) groups excluding carboxylic acids is 1. The van der Waals surface area contributed by atoms with Crippen molar-refractivity contribution in [2.45, 2.75) is 25.5 Å². The largest absolute Gasteiger partial charge is 0.387 e. The molecule has 0 aliphatic rings. The van der Waals surface area contributed by atoms with Crippen LogP contribution in [-0.2, 0) is 11.2 Å². The maximum Gasteiger partial charge on any atom is 0.211 e. The molecule has 2 aromatic rings. The van der Waals surface area contributed by atoms with Crippen LogP contribution in [0, 0.1) is 0 Å². The van der Waals surface area contributed by atoms with E-state index in [1.165, 1.54) is 5.56 Å². The molecule has 0 aliphatic heterocycles. The van der Waals surface area contributed by atoms with Gasteiger partial charge in [0.2, 0.25) is 6.41 Å². The van der Waals surface area contributed by atoms with Gasteiger partial charge < -0.3 is 15.7 Å². The highest BCUT2D eigenvalue weighted by Crippen LogP contribution is 2.17. The topological polar surface area (TPSA) is 61.4 Å². The number of aliphatic hydroxyl groups is 1. The molecule has 4 nitrogen and oxygen atoms in total. The monoisotopic (exact) mass is 358 g/mol. The van der Waals surface area contributed by atoms with Crippen molar-refractivity contribution in [2.75, 3.05) is 6.54 Å². The minimum atomic E-state index is -0.584. The average molecular weight is 359 g/mol. The molecule has 132 valence electrons. The van der Waals surface area contributed by atoms with E-state index in [4.69, 9.17) is 11.6 Å². The van der Waals surface area contributed by atoms with E-state index in [1.54, 1.807) is 18.3 Å². The zero-order valence-electron chi connectivity index (χ0n) is 14.2. The summed E-state index contributed by atoms with van der Waals surface area (Å²) in [4.78, 5) is 10.2. The Morgan fingerprint density at radius 1 is 1.20 bits per heavy atom. The molecule has 2 unspecified atom stereocenters. The van der Waals surface area contributed by atoms with Crippen molar-refractivity contribution in [1.29, 1.82) is 0 Å². The molecule has 0 fully saturated rings. The second-order valence-electron chi connectivity index (χ2n) is 5.94. The Morgan fingerprint density at radius 2 is 1.96 bits per heavy atom. The number of hydrogen-bond donors (Lipinski definition) is 3. The minimum Gasteiger partial charge on any atom is -0.387 e. The molecule has 0 heterocycles. The van der Waals surface area contributed by atoms with Crippen LogP contribution in [-0.4, -0.2) is 24.1 Å². The zero-order chi connectivity index (χ0) is 18.1. The number of rotatable bonds is 9. The van der Waals surface area contributed by atoms with Gasteiger partial charge in [-0.05, 0) is 48.2 Å². The fourth-order valence-corrected chi connectivity index (χ4v) is 2.72. The standard InChI is InChI=1S/C20H23ClN2O2/c1-15(23-13-20(25)18-3-2-4-19(21)12-18)11-17-7-5-16(6-8-17)9-10-22-14-24/h2-10,12,14-15,20,23,25H,11,13H2,1H3,(H,22,24). The summed E-state index contributed by atoms with van der Waals surface area (Å²) in [5.41, 5.74) is 3.04. The number of nitrogens with one attached hydrogen (secondary N) is 2. The van der Waals surface area contributed by atoms with Gasteiger partial charge in [-0.25, -0.2) is 0 Å². The number of amides is 1. The lowest BCUT2D eigenvalue weighted by molar-refractivity contribution is -0.108. The molecule has 3 N–H and O–H groups in total. The van der Waals surface area contributed by atoms with Crippen LogP contribution in [0.2, 0.25) is 5.02 Å². The van der Waals surface area contributed by atoms with Crippen molar-refractivity contribution < 1.29 is 9.90 Å². The van der Waals surface area contributed by atoms with E-state index in [0.717, 1.165) is 17.5 Å². The Kier molecular flexibility index (Phi) is 7.67. The number of halogens is 1. The van der Waals surface area contributed by atoms with Gasteiger partial charge in [0.15, 0.2) is 0 Å². The van der Waals surface area contributed by atoms with E-state index >= 15 is 0 Å². The van der Waals surface area contributed by atoms with Crippen molar-refractivity contribution in [1.82, 2.24) is 10.6 Å². The quantitative estimate of drug-likeness (QED) is 0.603. The molecule has 2 aromatic carbocycles. The summed E-state index contributed by atoms with van der Waals surface area (Å²) in [6.07, 6.45) is 4.35. The lowest BCUT2D eigenvalue weighted by Gasteiger charge is -2.18. The van der Waals surface area contributed by atoms with Crippen molar-refractivity contribution >= 4 is 24.1 Å². The normalized spacial score (nSPS) is 13.6. The van der Waals surface area contributed by atoms with E-state index in [2.05, 4.69) is 29.7 Å². The number of aliphatic hydroxyl groups excluding tert-OH is 1. The SMILES string of the molecule is CC(Cc1ccc(C=CNC=O)cc1)NCC(O)c1cccc(Cl)c1. The van der Waals surface area contributed by atoms with E-state index in [9.17, 15) is 9.90 Å². The molecular weight excluding hydrogens is 336 g/mol. The third-order valence-electron chi connectivity index (χ3n) is 3.85. The van der Waals surface area contributed by atoms with E-state index in [-0.39, 0.29) is 6.04 Å². The molecule has 0 radical (unpaired) electrons. The minimum absolute atomic E-state index is 0.229. The van der Waals surface area contributed by atoms with Crippen LogP contribution in [0.5, 0.6) is 0 Å². The van der Waals surface area contributed by atoms with Crippen molar-refractivity contribution in [2.24, 2.45) is 0 Å². The highest BCUT2D eigenvalue weighted by Gasteiger charge is 2.10. The van der Waals surface area contributed by atoms with Gasteiger partial charge in [0.05, 0.1) is 6.10 Å². The number of hydrogen-bond acceptors (Lipinski definition) is 3. The van der Waals surface area contributed by atoms with Crippen molar-refractivity contribution in [3.05, 3.63) is 76.4 Å². The van der Waals surface area contributed by atoms with Crippen LogP contribution >= 0.6 is 11.6 Å². The Balaban J connectivity index is 1.81. The van der Waals surface area contributed by atoms with Gasteiger partial charge >= 0.3 is 0 Å². The summed E-state index contributed by atoms with van der Waals surface area (Å²) in [6.45, 7) is 2.56. The molecule has 0 aliphatic carbocycles. The predicted octanol–water partition coefficient (Wildman–Crippen LogP) is 3.31. The van der Waals surface area contributed by atoms with Gasteiger partial charge in [-0.1, -0.05) is 48.0 Å². The van der Waals surface area contributed by atoms with Crippen molar-refractivity contribution in [3.8, 4) is 0 Å². The third kappa shape index (κ3) is 6.70. The van der Waals surface area contributed by atoms with Crippen LogP contribution < -0.4 is 10.6 Å². The highest BCUT2D eigenvalue weighted by atomic mass is 35.5. The number of benzene rings is 2. The third-order valence-corrected chi connectivity index (χ3v) is 4.09. The summed E-state index contributed by atoms with van der Waals surface area (Å²) in [5, 5.41) is 16.7. The molecule has 0 bridgehead atoms. The van der Waals surface area contributed by atoms with Gasteiger partial charge in [-0.15, -0.1) is 0 Å². The van der Waals surface area contributed by atoms with Gasteiger partial charge in [0.25, 0.3) is 0 Å². The summed E-state index contributed by atoms with van der Waals surface area (Å²) in [6, 6.07) is 15.6. The molecule has 0 saturated carbocycles. The first kappa shape index (κ1) is 19.2. The van der Waals surface area contributed by atoms with Gasteiger partial charge in [-0.3, -0.25) is 4.79 Å². The molecule has 1 amide bonds. The molecule has 25 heavy (non-hydrogen) atoms. The van der Waals surface area contributed by atoms with E-state index < -0.39 is 6.10 Å². The molecule has 2 rings (SSSR count). The summed E-state index contributed by atoms with van der Waals surface area (Å²) in [5.74, 6) is 0. The smallest absolute Gasteiger partial charge is 0.211 e. The van der Waals surface area contributed by atoms with Gasteiger partial charge in [0, 0.05) is 23.8 Å². The lowest BCUT2D eigenvalue weighted by atomic mass is 10.0. The van der Waals surface area contributed by atoms with Crippen LogP contribution in [0.4, 0.5) is 0 Å². The summed E-state index contributed by atoms with van der Waals surface area (Å²) < 4.78 is 0. The lowest BCUT2D eigenvalue weighted by Crippen LogP contribution is -2.32. The second-order valence-corrected chi connectivity index (χ2v) is 6.38. The Morgan fingerprint density at radius 3 is 2.64 bits per heavy atom. The molecule has 2 atom stereocenters. The maximum atomic E-state index is 10.2. The first-order chi connectivity index (χ1) is 12.1. The first-order valence-electron chi connectivity index (χ1n) is 8.20. The molecular formula is C20H23ClN2O2. The maximum absolute atomic E-state index is 10.2. The fraction of sp³-hybridized carbons (Fsp3) is 0.250. The van der Waals surface area contributed by atoms with Crippen LogP contribution in [0.15, 0.2) is 54.7 Å².